The van der Waals surface area contributed by atoms with Gasteiger partial charge in [0, 0.05) is 25.7 Å². The Kier molecular flexibility index (Phi) is 3.67. The van der Waals surface area contributed by atoms with Crippen LogP contribution in [0.5, 0.6) is 0 Å². The van der Waals surface area contributed by atoms with E-state index in [2.05, 4.69) is 41.4 Å². The molecular weight excluding hydrogens is 220 g/mol. The van der Waals surface area contributed by atoms with Crippen molar-refractivity contribution in [2.75, 3.05) is 19.6 Å². The van der Waals surface area contributed by atoms with Crippen molar-refractivity contribution in [1.29, 1.82) is 0 Å². The Morgan fingerprint density at radius 2 is 1.89 bits per heavy atom. The summed E-state index contributed by atoms with van der Waals surface area (Å²) in [5, 5.41) is 3.38. The van der Waals surface area contributed by atoms with Crippen LogP contribution in [0.3, 0.4) is 0 Å². The number of hydrogen-bond donors (Lipinski definition) is 1. The van der Waals surface area contributed by atoms with Crippen LogP contribution in [-0.2, 0) is 6.54 Å². The van der Waals surface area contributed by atoms with Crippen molar-refractivity contribution in [2.24, 2.45) is 0 Å². The fourth-order valence-electron chi connectivity index (χ4n) is 2.76. The molecule has 2 nitrogen and oxygen atoms in total. The van der Waals surface area contributed by atoms with Crippen molar-refractivity contribution in [3.63, 3.8) is 0 Å². The molecule has 1 saturated carbocycles. The van der Waals surface area contributed by atoms with E-state index in [0.717, 1.165) is 18.5 Å². The van der Waals surface area contributed by atoms with Crippen molar-refractivity contribution in [1.82, 2.24) is 10.2 Å². The van der Waals surface area contributed by atoms with Gasteiger partial charge in [0.05, 0.1) is 0 Å². The van der Waals surface area contributed by atoms with E-state index in [1.807, 2.05) is 0 Å². The Morgan fingerprint density at radius 3 is 2.39 bits per heavy atom. The summed E-state index contributed by atoms with van der Waals surface area (Å²) in [6.45, 7) is 6.94. The number of benzene rings is 1. The third kappa shape index (κ3) is 2.76. The van der Waals surface area contributed by atoms with E-state index in [0.29, 0.717) is 0 Å². The molecule has 0 aromatic heterocycles. The molecule has 1 aliphatic heterocycles. The molecule has 1 heterocycles. The van der Waals surface area contributed by atoms with Crippen LogP contribution in [0, 0.1) is 0 Å². The molecule has 3 rings (SSSR count). The van der Waals surface area contributed by atoms with Crippen molar-refractivity contribution in [3.05, 3.63) is 35.4 Å². The first kappa shape index (κ1) is 12.2. The van der Waals surface area contributed by atoms with Crippen molar-refractivity contribution in [2.45, 2.75) is 44.7 Å². The van der Waals surface area contributed by atoms with Gasteiger partial charge in [-0.1, -0.05) is 31.2 Å². The zero-order valence-corrected chi connectivity index (χ0v) is 11.4. The number of nitrogens with zero attached hydrogens (tertiary/aromatic N) is 1. The molecule has 0 unspecified atom stereocenters. The highest BCUT2D eigenvalue weighted by molar-refractivity contribution is 5.28. The van der Waals surface area contributed by atoms with Gasteiger partial charge in [-0.2, -0.15) is 0 Å². The maximum Gasteiger partial charge on any atom is 0.0348 e. The van der Waals surface area contributed by atoms with Crippen LogP contribution in [0.15, 0.2) is 24.3 Å². The minimum absolute atomic E-state index is 0.757. The second-order valence-electron chi connectivity index (χ2n) is 5.80. The van der Waals surface area contributed by atoms with Crippen LogP contribution in [0.1, 0.15) is 43.2 Å². The van der Waals surface area contributed by atoms with Crippen LogP contribution < -0.4 is 5.32 Å². The minimum Gasteiger partial charge on any atom is -0.314 e. The lowest BCUT2D eigenvalue weighted by molar-refractivity contribution is 0.138. The van der Waals surface area contributed by atoms with Crippen LogP contribution in [0.25, 0.3) is 0 Å². The summed E-state index contributed by atoms with van der Waals surface area (Å²) in [5.41, 5.74) is 3.02. The third-order valence-corrected chi connectivity index (χ3v) is 4.20. The standard InChI is InChI=1S/C16H24N2/c1-2-9-18(16-10-17-11-16)12-13-3-5-14(6-4-13)15-7-8-15/h3-6,15-17H,2,7-12H2,1H3. The predicted octanol–water partition coefficient (Wildman–Crippen LogP) is 2.75. The molecule has 1 N–H and O–H groups in total. The normalized spacial score (nSPS) is 20.1. The topological polar surface area (TPSA) is 15.3 Å². The molecule has 98 valence electrons. The molecule has 1 aliphatic carbocycles. The average Bonchev–Trinajstić information content (AvgIpc) is 3.12. The lowest BCUT2D eigenvalue weighted by Gasteiger charge is -2.38. The fraction of sp³-hybridized carbons (Fsp3) is 0.625. The zero-order valence-electron chi connectivity index (χ0n) is 11.4. The highest BCUT2D eigenvalue weighted by Crippen LogP contribution is 2.39. The van der Waals surface area contributed by atoms with E-state index in [-0.39, 0.29) is 0 Å². The molecule has 2 fully saturated rings. The van der Waals surface area contributed by atoms with Gasteiger partial charge in [-0.25, -0.2) is 0 Å². The van der Waals surface area contributed by atoms with Gasteiger partial charge in [-0.05, 0) is 42.9 Å². The van der Waals surface area contributed by atoms with Gasteiger partial charge in [-0.3, -0.25) is 4.90 Å². The highest BCUT2D eigenvalue weighted by atomic mass is 15.2. The Morgan fingerprint density at radius 1 is 1.17 bits per heavy atom. The highest BCUT2D eigenvalue weighted by Gasteiger charge is 2.25. The summed E-state index contributed by atoms with van der Waals surface area (Å²) in [5.74, 6) is 0.877. The fourth-order valence-corrected chi connectivity index (χ4v) is 2.76. The third-order valence-electron chi connectivity index (χ3n) is 4.20. The van der Waals surface area contributed by atoms with E-state index >= 15 is 0 Å². The van der Waals surface area contributed by atoms with E-state index in [9.17, 15) is 0 Å². The van der Waals surface area contributed by atoms with Gasteiger partial charge in [0.2, 0.25) is 0 Å². The maximum absolute atomic E-state index is 3.38. The minimum atomic E-state index is 0.757. The first-order valence-electron chi connectivity index (χ1n) is 7.40. The summed E-state index contributed by atoms with van der Waals surface area (Å²) >= 11 is 0. The Hall–Kier alpha value is -0.860. The lowest BCUT2D eigenvalue weighted by atomic mass is 10.1. The zero-order chi connectivity index (χ0) is 12.4. The molecule has 0 atom stereocenters. The molecule has 1 saturated heterocycles. The monoisotopic (exact) mass is 244 g/mol. The van der Waals surface area contributed by atoms with Crippen molar-refractivity contribution >= 4 is 0 Å². The maximum atomic E-state index is 3.38. The molecule has 0 amide bonds. The van der Waals surface area contributed by atoms with Crippen LogP contribution >= 0.6 is 0 Å². The van der Waals surface area contributed by atoms with E-state index in [1.54, 1.807) is 5.56 Å². The lowest BCUT2D eigenvalue weighted by Crippen LogP contribution is -2.56. The summed E-state index contributed by atoms with van der Waals surface area (Å²) < 4.78 is 0. The first-order chi connectivity index (χ1) is 8.86. The van der Waals surface area contributed by atoms with E-state index < -0.39 is 0 Å². The van der Waals surface area contributed by atoms with Crippen LogP contribution in [0.2, 0.25) is 0 Å². The van der Waals surface area contributed by atoms with Gasteiger partial charge in [-0.15, -0.1) is 0 Å². The second-order valence-corrected chi connectivity index (χ2v) is 5.80. The smallest absolute Gasteiger partial charge is 0.0348 e. The molecule has 0 radical (unpaired) electrons. The predicted molar refractivity (Wildman–Crippen MR) is 75.8 cm³/mol. The molecule has 2 aliphatic rings. The second kappa shape index (κ2) is 5.41. The first-order valence-corrected chi connectivity index (χ1v) is 7.40. The van der Waals surface area contributed by atoms with Gasteiger partial charge in [0.15, 0.2) is 0 Å². The Balaban J connectivity index is 1.61. The average molecular weight is 244 g/mol. The quantitative estimate of drug-likeness (QED) is 0.828. The number of rotatable bonds is 6. The SMILES string of the molecule is CCCN(Cc1ccc(C2CC2)cc1)C1CNC1. The summed E-state index contributed by atoms with van der Waals surface area (Å²) in [7, 11) is 0. The van der Waals surface area contributed by atoms with Gasteiger partial charge < -0.3 is 5.32 Å². The Bertz CT molecular complexity index is 377. The van der Waals surface area contributed by atoms with Crippen molar-refractivity contribution < 1.29 is 0 Å². The van der Waals surface area contributed by atoms with Gasteiger partial charge >= 0.3 is 0 Å². The Labute approximate surface area is 110 Å². The summed E-state index contributed by atoms with van der Waals surface area (Å²) in [6, 6.07) is 10.1. The number of nitrogens with one attached hydrogen (secondary N) is 1. The van der Waals surface area contributed by atoms with E-state index in [4.69, 9.17) is 0 Å². The summed E-state index contributed by atoms with van der Waals surface area (Å²) in [6.07, 6.45) is 4.04. The molecule has 1 aromatic rings. The van der Waals surface area contributed by atoms with Crippen LogP contribution in [-0.4, -0.2) is 30.6 Å². The molecule has 2 heteroatoms. The summed E-state index contributed by atoms with van der Waals surface area (Å²) in [4.78, 5) is 2.63. The molecule has 18 heavy (non-hydrogen) atoms. The van der Waals surface area contributed by atoms with Crippen molar-refractivity contribution in [3.8, 4) is 0 Å². The molecule has 1 aromatic carbocycles. The molecule has 0 bridgehead atoms. The molecular formula is C16H24N2. The molecule has 0 spiro atoms. The number of hydrogen-bond acceptors (Lipinski definition) is 2. The van der Waals surface area contributed by atoms with Crippen LogP contribution in [0.4, 0.5) is 0 Å². The largest absolute Gasteiger partial charge is 0.314 e. The van der Waals surface area contributed by atoms with E-state index in [1.165, 1.54) is 44.5 Å². The van der Waals surface area contributed by atoms with Gasteiger partial charge in [0.1, 0.15) is 0 Å². The van der Waals surface area contributed by atoms with Gasteiger partial charge in [0.25, 0.3) is 0 Å².